The fourth-order valence-corrected chi connectivity index (χ4v) is 5.76. The first-order valence-electron chi connectivity index (χ1n) is 12.6. The third-order valence-electron chi connectivity index (χ3n) is 7.80. The van der Waals surface area contributed by atoms with Crippen LogP contribution in [0.15, 0.2) is 48.5 Å². The fraction of sp³-hybridized carbons (Fsp3) is 0.464. The zero-order valence-corrected chi connectivity index (χ0v) is 19.7. The molecule has 0 bridgehead atoms. The zero-order chi connectivity index (χ0) is 24.4. The van der Waals surface area contributed by atoms with Gasteiger partial charge in [0.1, 0.15) is 6.61 Å². The lowest BCUT2D eigenvalue weighted by Gasteiger charge is -2.31. The van der Waals surface area contributed by atoms with Gasteiger partial charge in [-0.2, -0.15) is 0 Å². The average molecular weight is 477 g/mol. The highest BCUT2D eigenvalue weighted by Gasteiger charge is 2.43. The molecule has 0 heterocycles. The Bertz CT molecular complexity index is 1070. The molecule has 7 heteroatoms. The van der Waals surface area contributed by atoms with Crippen molar-refractivity contribution in [3.8, 4) is 11.1 Å². The molecule has 184 valence electrons. The van der Waals surface area contributed by atoms with Crippen LogP contribution in [-0.2, 0) is 14.3 Å². The minimum atomic E-state index is -0.788. The number of carboxylic acid groups (broad SMARTS) is 1. The predicted octanol–water partition coefficient (Wildman–Crippen LogP) is 4.31. The number of aliphatic carboxylic acids is 1. The van der Waals surface area contributed by atoms with Crippen LogP contribution in [-0.4, -0.2) is 42.3 Å². The van der Waals surface area contributed by atoms with E-state index in [-0.39, 0.29) is 42.2 Å². The zero-order valence-electron chi connectivity index (χ0n) is 19.7. The van der Waals surface area contributed by atoms with E-state index in [4.69, 9.17) is 9.84 Å². The van der Waals surface area contributed by atoms with Gasteiger partial charge in [-0.3, -0.25) is 9.59 Å². The van der Waals surface area contributed by atoms with E-state index in [0.717, 1.165) is 25.7 Å². The lowest BCUT2D eigenvalue weighted by molar-refractivity contribution is -0.139. The van der Waals surface area contributed by atoms with Gasteiger partial charge in [0.2, 0.25) is 5.91 Å². The molecule has 4 atom stereocenters. The van der Waals surface area contributed by atoms with E-state index in [0.29, 0.717) is 19.4 Å². The first-order valence-corrected chi connectivity index (χ1v) is 12.6. The summed E-state index contributed by atoms with van der Waals surface area (Å²) in [6, 6.07) is 16.4. The molecule has 7 nitrogen and oxygen atoms in total. The number of nitrogens with one attached hydrogen (secondary N) is 2. The van der Waals surface area contributed by atoms with Gasteiger partial charge in [-0.1, -0.05) is 61.4 Å². The van der Waals surface area contributed by atoms with E-state index in [9.17, 15) is 14.4 Å². The van der Waals surface area contributed by atoms with Gasteiger partial charge in [-0.05, 0) is 53.4 Å². The maximum atomic E-state index is 12.8. The van der Waals surface area contributed by atoms with Gasteiger partial charge in [0.25, 0.3) is 0 Å². The second kappa shape index (κ2) is 10.1. The van der Waals surface area contributed by atoms with Crippen molar-refractivity contribution >= 4 is 18.0 Å². The van der Waals surface area contributed by atoms with Crippen LogP contribution in [0.4, 0.5) is 4.79 Å². The van der Waals surface area contributed by atoms with Crippen LogP contribution in [0.2, 0.25) is 0 Å². The van der Waals surface area contributed by atoms with E-state index in [1.807, 2.05) is 24.3 Å². The van der Waals surface area contributed by atoms with Gasteiger partial charge >= 0.3 is 12.1 Å². The first-order chi connectivity index (χ1) is 17.0. The smallest absolute Gasteiger partial charge is 0.407 e. The third kappa shape index (κ3) is 5.19. The maximum Gasteiger partial charge on any atom is 0.407 e. The highest BCUT2D eigenvalue weighted by Crippen LogP contribution is 2.44. The molecule has 2 aromatic carbocycles. The molecule has 3 aliphatic rings. The van der Waals surface area contributed by atoms with Crippen LogP contribution in [0.3, 0.4) is 0 Å². The van der Waals surface area contributed by atoms with E-state index in [2.05, 4.69) is 34.9 Å². The van der Waals surface area contributed by atoms with Crippen LogP contribution in [0, 0.1) is 17.8 Å². The van der Waals surface area contributed by atoms with Crippen molar-refractivity contribution in [2.75, 3.05) is 13.2 Å². The SMILES string of the molecule is O=C(CC1CCCCC1NC(=O)OCC1c2ccccc2-c2ccccc21)NC[C@@H]1C[C@@H]1C(=O)O. The highest BCUT2D eigenvalue weighted by atomic mass is 16.5. The predicted molar refractivity (Wildman–Crippen MR) is 131 cm³/mol. The number of benzene rings is 2. The number of rotatable bonds is 8. The number of carboxylic acids is 1. The van der Waals surface area contributed by atoms with Crippen LogP contribution in [0.1, 0.15) is 55.6 Å². The van der Waals surface area contributed by atoms with Crippen molar-refractivity contribution in [2.24, 2.45) is 17.8 Å². The Morgan fingerprint density at radius 1 is 0.914 bits per heavy atom. The van der Waals surface area contributed by atoms with Gasteiger partial charge in [0.05, 0.1) is 5.92 Å². The van der Waals surface area contributed by atoms with Gasteiger partial charge in [0, 0.05) is 24.9 Å². The monoisotopic (exact) mass is 476 g/mol. The number of ether oxygens (including phenoxy) is 1. The van der Waals surface area contributed by atoms with Crippen molar-refractivity contribution in [2.45, 2.75) is 50.5 Å². The fourth-order valence-electron chi connectivity index (χ4n) is 5.76. The Morgan fingerprint density at radius 2 is 1.57 bits per heavy atom. The highest BCUT2D eigenvalue weighted by molar-refractivity contribution is 5.79. The molecular weight excluding hydrogens is 444 g/mol. The summed E-state index contributed by atoms with van der Waals surface area (Å²) in [4.78, 5) is 36.2. The number of carbonyl (C=O) groups excluding carboxylic acids is 2. The average Bonchev–Trinajstić information content (AvgIpc) is 3.58. The molecule has 2 amide bonds. The molecule has 0 spiro atoms. The molecule has 2 aromatic rings. The Balaban J connectivity index is 1.13. The van der Waals surface area contributed by atoms with E-state index < -0.39 is 12.1 Å². The molecular formula is C28H32N2O5. The number of amides is 2. The van der Waals surface area contributed by atoms with Crippen LogP contribution in [0.25, 0.3) is 11.1 Å². The van der Waals surface area contributed by atoms with Crippen LogP contribution >= 0.6 is 0 Å². The number of alkyl carbamates (subject to hydrolysis) is 1. The summed E-state index contributed by atoms with van der Waals surface area (Å²) in [5.74, 6) is -1.08. The number of fused-ring (bicyclic) bond motifs is 3. The van der Waals surface area contributed by atoms with Gasteiger partial charge in [-0.15, -0.1) is 0 Å². The molecule has 35 heavy (non-hydrogen) atoms. The van der Waals surface area contributed by atoms with E-state index in [1.54, 1.807) is 0 Å². The largest absolute Gasteiger partial charge is 0.481 e. The normalized spacial score (nSPS) is 24.7. The number of carbonyl (C=O) groups is 3. The quantitative estimate of drug-likeness (QED) is 0.527. The van der Waals surface area contributed by atoms with E-state index >= 15 is 0 Å². The van der Waals surface area contributed by atoms with Crippen molar-refractivity contribution in [3.05, 3.63) is 59.7 Å². The topological polar surface area (TPSA) is 105 Å². The Labute approximate surface area is 205 Å². The summed E-state index contributed by atoms with van der Waals surface area (Å²) >= 11 is 0. The maximum absolute atomic E-state index is 12.8. The molecule has 0 aliphatic heterocycles. The summed E-state index contributed by atoms with van der Waals surface area (Å²) in [7, 11) is 0. The van der Waals surface area contributed by atoms with Crippen molar-refractivity contribution in [3.63, 3.8) is 0 Å². The van der Waals surface area contributed by atoms with Gasteiger partial charge < -0.3 is 20.5 Å². The molecule has 0 saturated heterocycles. The molecule has 0 aromatic heterocycles. The summed E-state index contributed by atoms with van der Waals surface area (Å²) in [5.41, 5.74) is 4.73. The minimum absolute atomic E-state index is 0.0122. The molecule has 3 N–H and O–H groups in total. The molecule has 2 unspecified atom stereocenters. The van der Waals surface area contributed by atoms with Crippen molar-refractivity contribution in [1.29, 1.82) is 0 Å². The lowest BCUT2D eigenvalue weighted by atomic mass is 9.82. The third-order valence-corrected chi connectivity index (χ3v) is 7.80. The van der Waals surface area contributed by atoms with Gasteiger partial charge in [-0.25, -0.2) is 4.79 Å². The van der Waals surface area contributed by atoms with Gasteiger partial charge in [0.15, 0.2) is 0 Å². The Hall–Kier alpha value is -3.35. The molecule has 0 radical (unpaired) electrons. The van der Waals surface area contributed by atoms with Crippen molar-refractivity contribution in [1.82, 2.24) is 10.6 Å². The van der Waals surface area contributed by atoms with Crippen LogP contribution in [0.5, 0.6) is 0 Å². The summed E-state index contributed by atoms with van der Waals surface area (Å²) in [5, 5.41) is 14.9. The molecule has 3 aliphatic carbocycles. The van der Waals surface area contributed by atoms with Crippen molar-refractivity contribution < 1.29 is 24.2 Å². The number of hydrogen-bond donors (Lipinski definition) is 3. The Kier molecular flexibility index (Phi) is 6.75. The molecule has 5 rings (SSSR count). The first kappa shape index (κ1) is 23.4. The summed E-state index contributed by atoms with van der Waals surface area (Å²) in [6.07, 6.45) is 4.27. The number of hydrogen-bond acceptors (Lipinski definition) is 4. The second-order valence-corrected chi connectivity index (χ2v) is 10.1. The minimum Gasteiger partial charge on any atom is -0.481 e. The Morgan fingerprint density at radius 3 is 2.23 bits per heavy atom. The molecule has 2 fully saturated rings. The van der Waals surface area contributed by atoms with Crippen LogP contribution < -0.4 is 10.6 Å². The van der Waals surface area contributed by atoms with E-state index in [1.165, 1.54) is 22.3 Å². The second-order valence-electron chi connectivity index (χ2n) is 10.1. The summed E-state index contributed by atoms with van der Waals surface area (Å²) < 4.78 is 5.71. The summed E-state index contributed by atoms with van der Waals surface area (Å²) in [6.45, 7) is 0.677. The standard InChI is InChI=1S/C28H32N2O5/c31-26(29-15-18-13-23(18)27(32)33)14-17-7-1-6-12-25(17)30-28(34)35-16-24-21-10-4-2-8-19(21)20-9-3-5-11-22(20)24/h2-5,8-11,17-18,23-25H,1,6-7,12-16H2,(H,29,31)(H,30,34)(H,32,33)/t17?,18-,23-,25?/m0/s1. The lowest BCUT2D eigenvalue weighted by Crippen LogP contribution is -2.44. The molecule has 2 saturated carbocycles.